The van der Waals surface area contributed by atoms with Gasteiger partial charge >= 0.3 is 28.4 Å². The minimum absolute atomic E-state index is 0. The molecule has 248 valence electrons. The van der Waals surface area contributed by atoms with Gasteiger partial charge in [-0.1, -0.05) is 124 Å². The first kappa shape index (κ1) is 45.6. The maximum absolute atomic E-state index is 3.67. The van der Waals surface area contributed by atoms with E-state index in [1.165, 1.54) is 75.2 Å². The van der Waals surface area contributed by atoms with E-state index in [0.29, 0.717) is 11.3 Å². The summed E-state index contributed by atoms with van der Waals surface area (Å²) in [6.07, 6.45) is 9.31. The van der Waals surface area contributed by atoms with Crippen LogP contribution in [0.2, 0.25) is 0 Å². The Kier molecular flexibility index (Phi) is 20.2. The van der Waals surface area contributed by atoms with Gasteiger partial charge < -0.3 is 7.43 Å². The van der Waals surface area contributed by atoms with Crippen molar-refractivity contribution >= 4 is 29.0 Å². The second kappa shape index (κ2) is 20.0. The van der Waals surface area contributed by atoms with Crippen LogP contribution in [0.4, 0.5) is 0 Å². The topological polar surface area (TPSA) is 0 Å². The van der Waals surface area contributed by atoms with Gasteiger partial charge in [0.15, 0.2) is 0 Å². The Hall–Kier alpha value is -1.53. The van der Waals surface area contributed by atoms with Gasteiger partial charge in [-0.3, -0.25) is 6.08 Å². The maximum Gasteiger partial charge on any atom is -0.171 e. The van der Waals surface area contributed by atoms with Crippen LogP contribution in [0, 0.1) is 37.0 Å². The van der Waals surface area contributed by atoms with E-state index >= 15 is 0 Å². The van der Waals surface area contributed by atoms with Gasteiger partial charge in [-0.2, -0.15) is 71.8 Å². The molecule has 0 saturated heterocycles. The standard InChI is InChI=1S/C21H25.C13H21.C6H5.CH3.CH2.2ClH.Zr/c1-20(2,3)16-7-9-18-14(12-16)11-15-13-17(21(4,5)6)8-10-19(15)18;1-6-10-8-11(7-2)12(9-10)13(3,4)5;1-2-4-6-5-3-1;;;;;/h7-10,12H,11H2,1-6H3;9-10H,6-7H2,1-5H3;1-5H;1H3;1H2;2*1H;/q4*-1;;;;. The number of allylic oxidation sites excluding steroid dienone is 4. The fourth-order valence-corrected chi connectivity index (χ4v) is 5.23. The molecule has 5 rings (SSSR count). The predicted molar refractivity (Wildman–Crippen MR) is 203 cm³/mol. The molecule has 0 amide bonds. The molecule has 1 atom stereocenters. The molecule has 0 N–H and O–H groups in total. The van der Waals surface area contributed by atoms with Crippen molar-refractivity contribution in [1.82, 2.24) is 0 Å². The van der Waals surface area contributed by atoms with Crippen LogP contribution in [-0.2, 0) is 41.5 Å². The molecule has 2 aliphatic carbocycles. The monoisotopic (exact) mass is 722 g/mol. The maximum atomic E-state index is 3.67. The summed E-state index contributed by atoms with van der Waals surface area (Å²) in [7, 11) is 0. The Morgan fingerprint density at radius 3 is 1.76 bits per heavy atom. The van der Waals surface area contributed by atoms with Crippen molar-refractivity contribution in [3.05, 3.63) is 126 Å². The molecule has 3 aromatic rings. The van der Waals surface area contributed by atoms with Crippen molar-refractivity contribution in [3.63, 3.8) is 0 Å². The van der Waals surface area contributed by atoms with Gasteiger partial charge in [-0.05, 0) is 28.4 Å². The molecule has 1 unspecified atom stereocenters. The van der Waals surface area contributed by atoms with E-state index in [9.17, 15) is 0 Å². The molecule has 0 bridgehead atoms. The van der Waals surface area contributed by atoms with Crippen molar-refractivity contribution in [1.29, 1.82) is 0 Å². The number of halogens is 2. The van der Waals surface area contributed by atoms with Crippen molar-refractivity contribution in [3.8, 4) is 11.1 Å². The Bertz CT molecular complexity index is 1260. The van der Waals surface area contributed by atoms with E-state index in [1.807, 2.05) is 30.3 Å². The molecule has 0 fully saturated rings. The normalized spacial score (nSPS) is 14.3. The zero-order valence-corrected chi connectivity index (χ0v) is 34.2. The number of benzene rings is 3. The van der Waals surface area contributed by atoms with Crippen LogP contribution in [0.1, 0.15) is 111 Å². The summed E-state index contributed by atoms with van der Waals surface area (Å²) in [4.78, 5) is 0. The zero-order chi connectivity index (χ0) is 31.7. The van der Waals surface area contributed by atoms with Gasteiger partial charge in [0, 0.05) is 0 Å². The van der Waals surface area contributed by atoms with Gasteiger partial charge in [-0.15, -0.1) is 35.9 Å². The predicted octanol–water partition coefficient (Wildman–Crippen LogP) is 12.5. The smallest absolute Gasteiger partial charge is 0.171 e. The molecule has 0 heterocycles. The molecule has 3 aromatic carbocycles. The van der Waals surface area contributed by atoms with Crippen molar-refractivity contribution < 1.29 is 24.2 Å². The van der Waals surface area contributed by atoms with Crippen LogP contribution >= 0.6 is 24.8 Å². The Morgan fingerprint density at radius 2 is 1.36 bits per heavy atom. The molecule has 45 heavy (non-hydrogen) atoms. The summed E-state index contributed by atoms with van der Waals surface area (Å²) >= 11 is 1.30. The molecule has 0 aromatic heterocycles. The third kappa shape index (κ3) is 13.2. The van der Waals surface area contributed by atoms with E-state index in [0.717, 1.165) is 12.8 Å². The summed E-state index contributed by atoms with van der Waals surface area (Å²) in [6, 6.07) is 27.7. The van der Waals surface area contributed by atoms with Gasteiger partial charge in [0.1, 0.15) is 0 Å². The number of fused-ring (bicyclic) bond motifs is 3. The van der Waals surface area contributed by atoms with Crippen LogP contribution in [0.5, 0.6) is 0 Å². The van der Waals surface area contributed by atoms with Gasteiger partial charge in [0.25, 0.3) is 0 Å². The molecule has 0 spiro atoms. The zero-order valence-electron chi connectivity index (χ0n) is 30.1. The van der Waals surface area contributed by atoms with E-state index in [4.69, 9.17) is 0 Å². The number of hydrogen-bond acceptors (Lipinski definition) is 0. The molecular weight excluding hydrogens is 667 g/mol. The molecule has 0 radical (unpaired) electrons. The fourth-order valence-electron chi connectivity index (χ4n) is 5.23. The summed E-state index contributed by atoms with van der Waals surface area (Å²) in [5.41, 5.74) is 12.0. The molecule has 0 saturated carbocycles. The minimum Gasteiger partial charge on any atom is -0.358 e. The Balaban J connectivity index is 0. The van der Waals surface area contributed by atoms with Crippen LogP contribution in [-0.4, -0.2) is 4.21 Å². The van der Waals surface area contributed by atoms with E-state index in [-0.39, 0.29) is 43.1 Å². The van der Waals surface area contributed by atoms with Crippen LogP contribution in [0.25, 0.3) is 11.1 Å². The van der Waals surface area contributed by atoms with Gasteiger partial charge in [0.05, 0.1) is 0 Å². The van der Waals surface area contributed by atoms with Crippen molar-refractivity contribution in [2.75, 3.05) is 0 Å². The third-order valence-corrected chi connectivity index (χ3v) is 7.73. The first-order chi connectivity index (χ1) is 19.6. The summed E-state index contributed by atoms with van der Waals surface area (Å²) in [5.74, 6) is 0.573. The minimum atomic E-state index is 0. The SMILES string of the molecule is CC(C)(C)c1[c-]c2c(cc1)-c1ccc(C(C)(C)C)cc1C2.CCC1=[C-]C(CC)C=C1C(C)(C)C.Cl.Cl.[CH2]=[Zr].[CH3-].[c-]1ccccc1. The van der Waals surface area contributed by atoms with E-state index in [1.54, 1.807) is 0 Å². The van der Waals surface area contributed by atoms with Crippen LogP contribution < -0.4 is 0 Å². The van der Waals surface area contributed by atoms with Crippen LogP contribution in [0.15, 0.2) is 77.9 Å². The molecule has 3 heteroatoms. The van der Waals surface area contributed by atoms with E-state index < -0.39 is 0 Å². The number of hydrogen-bond donors (Lipinski definition) is 0. The quantitative estimate of drug-likeness (QED) is 0.181. The van der Waals surface area contributed by atoms with Gasteiger partial charge in [-0.25, -0.2) is 5.57 Å². The van der Waals surface area contributed by atoms with Crippen LogP contribution in [0.3, 0.4) is 0 Å². The Labute approximate surface area is 305 Å². The molecule has 0 nitrogen and oxygen atoms in total. The summed E-state index contributed by atoms with van der Waals surface area (Å²) in [5, 5.41) is 0. The first-order valence-corrected chi connectivity index (χ1v) is 17.2. The average Bonchev–Trinajstić information content (AvgIpc) is 3.55. The summed E-state index contributed by atoms with van der Waals surface area (Å²) in [6.45, 7) is 24.9. The molecule has 2 aliphatic rings. The second-order valence-electron chi connectivity index (χ2n) is 14.2. The first-order valence-electron chi connectivity index (χ1n) is 15.5. The second-order valence-corrected chi connectivity index (χ2v) is 14.2. The van der Waals surface area contributed by atoms with E-state index in [2.05, 4.69) is 135 Å². The van der Waals surface area contributed by atoms with Gasteiger partial charge in [0.2, 0.25) is 0 Å². The fraction of sp³-hybridized carbons (Fsp3) is 0.429. The average molecular weight is 725 g/mol. The Morgan fingerprint density at radius 1 is 0.778 bits per heavy atom. The van der Waals surface area contributed by atoms with Crippen molar-refractivity contribution in [2.24, 2.45) is 11.3 Å². The molecular formula is C42H58Cl2Zr-4. The third-order valence-electron chi connectivity index (χ3n) is 7.73. The van der Waals surface area contributed by atoms with Crippen molar-refractivity contribution in [2.45, 2.75) is 106 Å². The largest absolute Gasteiger partial charge is 0.358 e. The summed E-state index contributed by atoms with van der Waals surface area (Å²) < 4.78 is 3.34. The number of rotatable bonds is 2. The molecule has 0 aliphatic heterocycles.